The summed E-state index contributed by atoms with van der Waals surface area (Å²) in [6.07, 6.45) is 0.512. The summed E-state index contributed by atoms with van der Waals surface area (Å²) >= 11 is 1.66. The fraction of sp³-hybridized carbons (Fsp3) is 0.286. The van der Waals surface area contributed by atoms with Crippen molar-refractivity contribution < 1.29 is 8.78 Å². The summed E-state index contributed by atoms with van der Waals surface area (Å²) in [5, 5.41) is 0. The number of aryl methyl sites for hydroxylation is 2. The Bertz CT molecular complexity index is 563. The van der Waals surface area contributed by atoms with Gasteiger partial charge in [-0.25, -0.2) is 8.78 Å². The molecule has 0 fully saturated rings. The summed E-state index contributed by atoms with van der Waals surface area (Å²) in [4.78, 5) is 2.32. The van der Waals surface area contributed by atoms with Gasteiger partial charge < -0.3 is 5.73 Å². The van der Waals surface area contributed by atoms with Crippen LogP contribution in [0.2, 0.25) is 0 Å². The largest absolute Gasteiger partial charge is 0.323 e. The van der Waals surface area contributed by atoms with Crippen molar-refractivity contribution >= 4 is 11.3 Å². The molecule has 18 heavy (non-hydrogen) atoms. The van der Waals surface area contributed by atoms with E-state index in [1.54, 1.807) is 17.4 Å². The third kappa shape index (κ3) is 2.76. The predicted molar refractivity (Wildman–Crippen MR) is 70.8 cm³/mol. The zero-order valence-electron chi connectivity index (χ0n) is 10.3. The van der Waals surface area contributed by atoms with Crippen molar-refractivity contribution in [1.82, 2.24) is 0 Å². The second-order valence-electron chi connectivity index (χ2n) is 4.46. The van der Waals surface area contributed by atoms with Crippen LogP contribution in [0, 0.1) is 25.5 Å². The van der Waals surface area contributed by atoms with Crippen LogP contribution < -0.4 is 5.73 Å². The molecule has 0 spiro atoms. The van der Waals surface area contributed by atoms with Gasteiger partial charge in [-0.05, 0) is 49.6 Å². The molecular weight excluding hydrogens is 252 g/mol. The van der Waals surface area contributed by atoms with Gasteiger partial charge in [-0.15, -0.1) is 11.3 Å². The van der Waals surface area contributed by atoms with E-state index < -0.39 is 11.6 Å². The van der Waals surface area contributed by atoms with Crippen molar-refractivity contribution in [2.45, 2.75) is 26.3 Å². The highest BCUT2D eigenvalue weighted by Gasteiger charge is 2.13. The second kappa shape index (κ2) is 5.16. The SMILES string of the molecule is Cc1cc(C)c(C(N)Cc2ccc(F)c(F)c2)s1. The monoisotopic (exact) mass is 267 g/mol. The molecular formula is C14H15F2NS. The van der Waals surface area contributed by atoms with Gasteiger partial charge in [0, 0.05) is 15.8 Å². The first kappa shape index (κ1) is 13.2. The summed E-state index contributed by atoms with van der Waals surface area (Å²) < 4.78 is 25.9. The summed E-state index contributed by atoms with van der Waals surface area (Å²) in [5.74, 6) is -1.64. The van der Waals surface area contributed by atoms with Crippen molar-refractivity contribution in [3.05, 3.63) is 56.8 Å². The average Bonchev–Trinajstić information content (AvgIpc) is 2.63. The standard InChI is InChI=1S/C14H15F2NS/c1-8-5-9(2)18-14(8)13(17)7-10-3-4-11(15)12(16)6-10/h3-6,13H,7,17H2,1-2H3. The van der Waals surface area contributed by atoms with Crippen LogP contribution in [0.25, 0.3) is 0 Å². The highest BCUT2D eigenvalue weighted by molar-refractivity contribution is 7.12. The zero-order chi connectivity index (χ0) is 13.3. The lowest BCUT2D eigenvalue weighted by Crippen LogP contribution is -2.13. The molecule has 1 aromatic heterocycles. The lowest BCUT2D eigenvalue weighted by molar-refractivity contribution is 0.506. The van der Waals surface area contributed by atoms with E-state index in [1.165, 1.54) is 10.9 Å². The van der Waals surface area contributed by atoms with Crippen LogP contribution in [0.4, 0.5) is 8.78 Å². The highest BCUT2D eigenvalue weighted by Crippen LogP contribution is 2.28. The fourth-order valence-electron chi connectivity index (χ4n) is 2.04. The lowest BCUT2D eigenvalue weighted by atomic mass is 10.0. The second-order valence-corrected chi connectivity index (χ2v) is 5.75. The molecule has 2 aromatic rings. The number of halogens is 2. The van der Waals surface area contributed by atoms with Crippen LogP contribution in [0.5, 0.6) is 0 Å². The van der Waals surface area contributed by atoms with E-state index in [-0.39, 0.29) is 6.04 Å². The van der Waals surface area contributed by atoms with Gasteiger partial charge in [0.15, 0.2) is 11.6 Å². The van der Waals surface area contributed by atoms with E-state index in [2.05, 4.69) is 6.07 Å². The first-order chi connectivity index (χ1) is 8.47. The molecule has 2 N–H and O–H groups in total. The molecule has 0 saturated heterocycles. The fourth-order valence-corrected chi connectivity index (χ4v) is 3.08. The highest BCUT2D eigenvalue weighted by atomic mass is 32.1. The van der Waals surface area contributed by atoms with E-state index in [1.807, 2.05) is 13.8 Å². The summed E-state index contributed by atoms with van der Waals surface area (Å²) in [7, 11) is 0. The smallest absolute Gasteiger partial charge is 0.159 e. The Morgan fingerprint density at radius 1 is 1.17 bits per heavy atom. The molecule has 0 aliphatic heterocycles. The number of benzene rings is 1. The van der Waals surface area contributed by atoms with Crippen LogP contribution in [0.3, 0.4) is 0 Å². The van der Waals surface area contributed by atoms with Gasteiger partial charge in [-0.3, -0.25) is 0 Å². The third-order valence-corrected chi connectivity index (χ3v) is 4.14. The van der Waals surface area contributed by atoms with Gasteiger partial charge in [-0.1, -0.05) is 6.07 Å². The molecule has 1 aromatic carbocycles. The molecule has 0 aliphatic rings. The van der Waals surface area contributed by atoms with Crippen molar-refractivity contribution in [2.24, 2.45) is 5.73 Å². The van der Waals surface area contributed by atoms with Gasteiger partial charge in [0.1, 0.15) is 0 Å². The quantitative estimate of drug-likeness (QED) is 0.897. The van der Waals surface area contributed by atoms with Crippen LogP contribution in [-0.2, 0) is 6.42 Å². The Morgan fingerprint density at radius 3 is 2.44 bits per heavy atom. The summed E-state index contributed by atoms with van der Waals surface area (Å²) in [6.45, 7) is 4.05. The summed E-state index contributed by atoms with van der Waals surface area (Å²) in [6, 6.07) is 5.85. The van der Waals surface area contributed by atoms with Crippen molar-refractivity contribution in [1.29, 1.82) is 0 Å². The van der Waals surface area contributed by atoms with Gasteiger partial charge in [0.25, 0.3) is 0 Å². The van der Waals surface area contributed by atoms with Crippen molar-refractivity contribution in [3.63, 3.8) is 0 Å². The van der Waals surface area contributed by atoms with Crippen LogP contribution in [-0.4, -0.2) is 0 Å². The van der Waals surface area contributed by atoms with E-state index >= 15 is 0 Å². The van der Waals surface area contributed by atoms with Crippen molar-refractivity contribution in [2.75, 3.05) is 0 Å². The molecule has 1 nitrogen and oxygen atoms in total. The Morgan fingerprint density at radius 2 is 1.89 bits per heavy atom. The molecule has 96 valence electrons. The molecule has 0 amide bonds. The molecule has 0 bridgehead atoms. The van der Waals surface area contributed by atoms with Crippen molar-refractivity contribution in [3.8, 4) is 0 Å². The molecule has 4 heteroatoms. The Labute approximate surface area is 109 Å². The van der Waals surface area contributed by atoms with Gasteiger partial charge >= 0.3 is 0 Å². The first-order valence-electron chi connectivity index (χ1n) is 5.74. The topological polar surface area (TPSA) is 26.0 Å². The number of rotatable bonds is 3. The maximum absolute atomic E-state index is 13.1. The van der Waals surface area contributed by atoms with E-state index in [0.29, 0.717) is 12.0 Å². The predicted octanol–water partition coefficient (Wildman–Crippen LogP) is 3.89. The summed E-state index contributed by atoms with van der Waals surface area (Å²) in [5.41, 5.74) is 8.00. The number of nitrogens with two attached hydrogens (primary N) is 1. The minimum Gasteiger partial charge on any atom is -0.323 e. The molecule has 0 radical (unpaired) electrons. The lowest BCUT2D eigenvalue weighted by Gasteiger charge is -2.11. The molecule has 0 aliphatic carbocycles. The van der Waals surface area contributed by atoms with E-state index in [4.69, 9.17) is 5.73 Å². The number of hydrogen-bond acceptors (Lipinski definition) is 2. The first-order valence-corrected chi connectivity index (χ1v) is 6.55. The zero-order valence-corrected chi connectivity index (χ0v) is 11.2. The van der Waals surface area contributed by atoms with E-state index in [9.17, 15) is 8.78 Å². The van der Waals surface area contributed by atoms with Crippen LogP contribution >= 0.6 is 11.3 Å². The molecule has 1 atom stereocenters. The Kier molecular flexibility index (Phi) is 3.78. The van der Waals surface area contributed by atoms with Gasteiger partial charge in [0.2, 0.25) is 0 Å². The molecule has 1 heterocycles. The average molecular weight is 267 g/mol. The number of thiophene rings is 1. The van der Waals surface area contributed by atoms with E-state index in [0.717, 1.165) is 16.5 Å². The normalized spacial score (nSPS) is 12.7. The molecule has 1 unspecified atom stereocenters. The van der Waals surface area contributed by atoms with Gasteiger partial charge in [-0.2, -0.15) is 0 Å². The van der Waals surface area contributed by atoms with Gasteiger partial charge in [0.05, 0.1) is 0 Å². The molecule has 2 rings (SSSR count). The third-order valence-electron chi connectivity index (χ3n) is 2.86. The molecule has 0 saturated carbocycles. The Hall–Kier alpha value is -1.26. The Balaban J connectivity index is 2.18. The van der Waals surface area contributed by atoms with Crippen LogP contribution in [0.15, 0.2) is 24.3 Å². The van der Waals surface area contributed by atoms with Crippen LogP contribution in [0.1, 0.15) is 26.9 Å². The minimum atomic E-state index is -0.824. The minimum absolute atomic E-state index is 0.173. The number of hydrogen-bond donors (Lipinski definition) is 1. The maximum atomic E-state index is 13.1. The maximum Gasteiger partial charge on any atom is 0.159 e.